The molecule has 3 N–H and O–H groups in total. The number of nitrogens with zero attached hydrogens (tertiary/aromatic N) is 4. The standard InChI is InChI=1S/C19H19N3O2.C15H15N3O.C4H5ClO.C4H8O/c20-10-16-15-8-9-24-12-17(15)22(11-13-4-2-1-3-5-13)18(16)21-19(23)14-6-7-14;16-8-13-12-6-7-19-10-14(12)18(15(13)17)9-11-4-2-1-3-5-11;5-4(6)3-1-2-3;1-2-4-5-3-1/h1-5,14H,6-9,11-12H2,(H,21,23);1-5H,6-7,9-10,17H2;3H,1-2H2;1-4H2. The smallest absolute Gasteiger partial charge is 0.228 e. The van der Waals surface area contributed by atoms with Crippen LogP contribution in [0.3, 0.4) is 0 Å². The van der Waals surface area contributed by atoms with Gasteiger partial charge in [0.2, 0.25) is 11.1 Å². The van der Waals surface area contributed by atoms with E-state index in [4.69, 9.17) is 31.5 Å². The lowest BCUT2D eigenvalue weighted by molar-refractivity contribution is -0.117. The Morgan fingerprint density at radius 1 is 0.722 bits per heavy atom. The van der Waals surface area contributed by atoms with Crippen molar-refractivity contribution in [3.05, 3.63) is 105 Å². The molecular formula is C42H47ClN6O5. The minimum Gasteiger partial charge on any atom is -0.384 e. The van der Waals surface area contributed by atoms with E-state index in [1.807, 2.05) is 45.5 Å². The molecule has 0 atom stereocenters. The van der Waals surface area contributed by atoms with Gasteiger partial charge in [-0.3, -0.25) is 9.59 Å². The number of nitriles is 2. The van der Waals surface area contributed by atoms with Crippen molar-refractivity contribution in [1.82, 2.24) is 9.13 Å². The molecule has 11 nitrogen and oxygen atoms in total. The zero-order valence-corrected chi connectivity index (χ0v) is 31.3. The summed E-state index contributed by atoms with van der Waals surface area (Å²) in [5.74, 6) is 1.55. The van der Waals surface area contributed by atoms with Gasteiger partial charge in [-0.05, 0) is 85.2 Å². The fourth-order valence-electron chi connectivity index (χ4n) is 6.66. The number of benzene rings is 2. The third kappa shape index (κ3) is 9.99. The molecule has 2 saturated carbocycles. The van der Waals surface area contributed by atoms with Gasteiger partial charge in [0.05, 0.1) is 48.9 Å². The summed E-state index contributed by atoms with van der Waals surface area (Å²) in [6.45, 7) is 5.60. The summed E-state index contributed by atoms with van der Waals surface area (Å²) in [5, 5.41) is 21.8. The number of amides is 1. The summed E-state index contributed by atoms with van der Waals surface area (Å²) < 4.78 is 20.1. The van der Waals surface area contributed by atoms with Gasteiger partial charge in [0.1, 0.15) is 23.8 Å². The van der Waals surface area contributed by atoms with Crippen molar-refractivity contribution < 1.29 is 23.8 Å². The summed E-state index contributed by atoms with van der Waals surface area (Å²) >= 11 is 5.04. The Morgan fingerprint density at radius 3 is 1.67 bits per heavy atom. The third-order valence-corrected chi connectivity index (χ3v) is 10.3. The lowest BCUT2D eigenvalue weighted by atomic mass is 10.1. The zero-order valence-electron chi connectivity index (χ0n) is 30.5. The van der Waals surface area contributed by atoms with Crippen molar-refractivity contribution in [2.24, 2.45) is 11.8 Å². The molecular weight excluding hydrogens is 704 g/mol. The van der Waals surface area contributed by atoms with E-state index < -0.39 is 0 Å². The Kier molecular flexibility index (Phi) is 13.6. The van der Waals surface area contributed by atoms with Crippen LogP contribution >= 0.6 is 11.6 Å². The van der Waals surface area contributed by atoms with E-state index in [-0.39, 0.29) is 23.0 Å². The minimum absolute atomic E-state index is 0.0246. The summed E-state index contributed by atoms with van der Waals surface area (Å²) in [6, 6.07) is 24.7. The molecule has 3 fully saturated rings. The Labute approximate surface area is 321 Å². The lowest BCUT2D eigenvalue weighted by Crippen LogP contribution is -2.19. The van der Waals surface area contributed by atoms with Crippen molar-refractivity contribution in [2.75, 3.05) is 37.5 Å². The molecule has 0 radical (unpaired) electrons. The van der Waals surface area contributed by atoms with Crippen molar-refractivity contribution in [3.8, 4) is 12.1 Å². The van der Waals surface area contributed by atoms with Crippen LogP contribution in [0.4, 0.5) is 11.6 Å². The first-order valence-electron chi connectivity index (χ1n) is 18.7. The van der Waals surface area contributed by atoms with Crippen molar-refractivity contribution in [2.45, 2.75) is 77.7 Å². The molecule has 2 aliphatic carbocycles. The molecule has 2 aromatic carbocycles. The van der Waals surface area contributed by atoms with Crippen LogP contribution < -0.4 is 11.1 Å². The highest BCUT2D eigenvalue weighted by atomic mass is 35.5. The second-order valence-electron chi connectivity index (χ2n) is 14.0. The number of nitrogens with two attached hydrogens (primary N) is 1. The molecule has 54 heavy (non-hydrogen) atoms. The molecule has 3 aliphatic heterocycles. The molecule has 12 heteroatoms. The number of anilines is 2. The number of aromatic nitrogens is 2. The van der Waals surface area contributed by atoms with Crippen LogP contribution in [-0.2, 0) is 62.9 Å². The van der Waals surface area contributed by atoms with Crippen molar-refractivity contribution in [1.29, 1.82) is 10.5 Å². The number of carbonyl (C=O) groups excluding carboxylic acids is 2. The van der Waals surface area contributed by atoms with E-state index in [2.05, 4.69) is 41.7 Å². The lowest BCUT2D eigenvalue weighted by Gasteiger charge is -2.17. The van der Waals surface area contributed by atoms with Gasteiger partial charge in [-0.15, -0.1) is 0 Å². The topological polar surface area (TPSA) is 157 Å². The summed E-state index contributed by atoms with van der Waals surface area (Å²) in [6.07, 6.45) is 7.95. The van der Waals surface area contributed by atoms with E-state index in [1.54, 1.807) is 0 Å². The van der Waals surface area contributed by atoms with Crippen LogP contribution in [0.2, 0.25) is 0 Å². The van der Waals surface area contributed by atoms with Gasteiger partial charge in [-0.1, -0.05) is 60.7 Å². The van der Waals surface area contributed by atoms with E-state index in [1.165, 1.54) is 18.4 Å². The molecule has 5 aliphatic rings. The Hall–Kier alpha value is -4.91. The normalized spacial score (nSPS) is 16.6. The number of nitrogens with one attached hydrogen (secondary N) is 1. The quantitative estimate of drug-likeness (QED) is 0.194. The molecule has 0 unspecified atom stereocenters. The molecule has 282 valence electrons. The number of carbonyl (C=O) groups is 2. The number of rotatable bonds is 7. The number of hydrogen-bond acceptors (Lipinski definition) is 8. The van der Waals surface area contributed by atoms with Crippen LogP contribution in [0.25, 0.3) is 0 Å². The maximum Gasteiger partial charge on any atom is 0.228 e. The van der Waals surface area contributed by atoms with Gasteiger partial charge >= 0.3 is 0 Å². The maximum atomic E-state index is 12.3. The Balaban J connectivity index is 0.000000146. The van der Waals surface area contributed by atoms with E-state index in [9.17, 15) is 20.1 Å². The minimum atomic E-state index is -0.157. The molecule has 9 rings (SSSR count). The predicted molar refractivity (Wildman–Crippen MR) is 206 cm³/mol. The van der Waals surface area contributed by atoms with E-state index >= 15 is 0 Å². The largest absolute Gasteiger partial charge is 0.384 e. The second-order valence-corrected chi connectivity index (χ2v) is 14.3. The first-order chi connectivity index (χ1) is 26.4. The number of nitrogen functional groups attached to an aromatic ring is 1. The zero-order chi connectivity index (χ0) is 37.9. The Morgan fingerprint density at radius 2 is 1.22 bits per heavy atom. The van der Waals surface area contributed by atoms with E-state index in [0.29, 0.717) is 68.7 Å². The monoisotopic (exact) mass is 750 g/mol. The molecule has 2 aromatic heterocycles. The molecule has 1 saturated heterocycles. The van der Waals surface area contributed by atoms with Gasteiger partial charge in [0.25, 0.3) is 0 Å². The van der Waals surface area contributed by atoms with Crippen LogP contribution in [0.5, 0.6) is 0 Å². The molecule has 4 aromatic rings. The molecule has 0 bridgehead atoms. The Bertz CT molecular complexity index is 1980. The van der Waals surface area contributed by atoms with Crippen LogP contribution in [-0.4, -0.2) is 46.7 Å². The number of halogens is 1. The van der Waals surface area contributed by atoms with Crippen LogP contribution in [0, 0.1) is 34.5 Å². The van der Waals surface area contributed by atoms with Gasteiger partial charge in [0.15, 0.2) is 0 Å². The highest BCUT2D eigenvalue weighted by molar-refractivity contribution is 6.64. The highest BCUT2D eigenvalue weighted by Gasteiger charge is 2.33. The predicted octanol–water partition coefficient (Wildman–Crippen LogP) is 6.85. The molecule has 1 amide bonds. The van der Waals surface area contributed by atoms with E-state index in [0.717, 1.165) is 73.4 Å². The van der Waals surface area contributed by atoms with Gasteiger partial charge < -0.3 is 34.4 Å². The summed E-state index contributed by atoms with van der Waals surface area (Å²) in [7, 11) is 0. The second kappa shape index (κ2) is 18.9. The van der Waals surface area contributed by atoms with Gasteiger partial charge in [0, 0.05) is 38.1 Å². The van der Waals surface area contributed by atoms with Crippen molar-refractivity contribution in [3.63, 3.8) is 0 Å². The number of hydrogen-bond donors (Lipinski definition) is 2. The van der Waals surface area contributed by atoms with Crippen molar-refractivity contribution >= 4 is 34.4 Å². The summed E-state index contributed by atoms with van der Waals surface area (Å²) in [5.41, 5.74) is 13.8. The highest BCUT2D eigenvalue weighted by Crippen LogP contribution is 2.35. The molecule has 0 spiro atoms. The number of fused-ring (bicyclic) bond motifs is 2. The fourth-order valence-corrected chi connectivity index (χ4v) is 6.88. The van der Waals surface area contributed by atoms with Crippen LogP contribution in [0.15, 0.2) is 60.7 Å². The number of ether oxygens (including phenoxy) is 3. The first kappa shape index (κ1) is 38.8. The molecule has 5 heterocycles. The third-order valence-electron chi connectivity index (χ3n) is 9.98. The maximum absolute atomic E-state index is 12.3. The van der Waals surface area contributed by atoms with Gasteiger partial charge in [-0.2, -0.15) is 10.5 Å². The first-order valence-corrected chi connectivity index (χ1v) is 19.1. The van der Waals surface area contributed by atoms with Crippen LogP contribution in [0.1, 0.15) is 83.3 Å². The average Bonchev–Trinajstić information content (AvgIpc) is 4.14. The SMILES string of the molecule is C1CCOC1.N#Cc1c2c(n(Cc3ccccc3)c1N)COCC2.N#Cc1c2c(n(Cc3ccccc3)c1NC(=O)C1CC1)COCC2.O=C(Cl)C1CC1. The average molecular weight is 751 g/mol. The fraction of sp³-hybridized carbons (Fsp3) is 0.429. The van der Waals surface area contributed by atoms with Gasteiger partial charge in [-0.25, -0.2) is 0 Å². The summed E-state index contributed by atoms with van der Waals surface area (Å²) in [4.78, 5) is 22.3.